The molecule has 172 valence electrons. The van der Waals surface area contributed by atoms with Crippen LogP contribution in [0.4, 0.5) is 0 Å². The second kappa shape index (κ2) is 10.1. The summed E-state index contributed by atoms with van der Waals surface area (Å²) in [6.07, 6.45) is 3.78. The van der Waals surface area contributed by atoms with Crippen LogP contribution in [0.5, 0.6) is 5.75 Å². The van der Waals surface area contributed by atoms with Gasteiger partial charge in [-0.25, -0.2) is 0 Å². The van der Waals surface area contributed by atoms with E-state index in [1.807, 2.05) is 34.1 Å². The Labute approximate surface area is 195 Å². The summed E-state index contributed by atoms with van der Waals surface area (Å²) in [5.41, 5.74) is 2.37. The lowest BCUT2D eigenvalue weighted by atomic mass is 10.00. The van der Waals surface area contributed by atoms with Crippen molar-refractivity contribution in [3.63, 3.8) is 0 Å². The molecule has 2 amide bonds. The average molecular weight is 455 g/mol. The smallest absolute Gasteiger partial charge is 0.242 e. The minimum atomic E-state index is -0.125. The minimum absolute atomic E-state index is 0.0247. The predicted octanol–water partition coefficient (Wildman–Crippen LogP) is 4.85. The zero-order chi connectivity index (χ0) is 22.7. The number of carbonyl (C=O) groups is 2. The van der Waals surface area contributed by atoms with Crippen molar-refractivity contribution in [3.05, 3.63) is 51.7 Å². The first-order valence-electron chi connectivity index (χ1n) is 11.8. The normalized spacial score (nSPS) is 18.7. The fraction of sp³-hybridized carbons (Fsp3) is 0.538. The lowest BCUT2D eigenvalue weighted by Gasteiger charge is -2.37. The van der Waals surface area contributed by atoms with Crippen LogP contribution in [0.2, 0.25) is 0 Å². The highest BCUT2D eigenvalue weighted by Gasteiger charge is 2.37. The second-order valence-electron chi connectivity index (χ2n) is 9.28. The van der Waals surface area contributed by atoms with E-state index in [-0.39, 0.29) is 30.3 Å². The first-order valence-corrected chi connectivity index (χ1v) is 12.7. The highest BCUT2D eigenvalue weighted by atomic mass is 32.1. The van der Waals surface area contributed by atoms with Crippen molar-refractivity contribution in [1.82, 2.24) is 9.80 Å². The highest BCUT2D eigenvalue weighted by molar-refractivity contribution is 7.10. The Morgan fingerprint density at radius 1 is 1.22 bits per heavy atom. The number of rotatable bonds is 9. The summed E-state index contributed by atoms with van der Waals surface area (Å²) in [6.45, 7) is 8.24. The van der Waals surface area contributed by atoms with Gasteiger partial charge in [0.25, 0.3) is 0 Å². The van der Waals surface area contributed by atoms with Crippen molar-refractivity contribution in [2.24, 2.45) is 11.8 Å². The van der Waals surface area contributed by atoms with E-state index in [4.69, 9.17) is 4.74 Å². The molecule has 5 nitrogen and oxygen atoms in total. The molecule has 6 heteroatoms. The number of aryl methyl sites for hydroxylation is 1. The molecule has 0 radical (unpaired) electrons. The van der Waals surface area contributed by atoms with E-state index >= 15 is 0 Å². The van der Waals surface area contributed by atoms with Crippen LogP contribution in [-0.2, 0) is 16.0 Å². The summed E-state index contributed by atoms with van der Waals surface area (Å²) in [4.78, 5) is 31.5. The topological polar surface area (TPSA) is 49.9 Å². The van der Waals surface area contributed by atoms with Gasteiger partial charge in [-0.15, -0.1) is 11.3 Å². The maximum absolute atomic E-state index is 13.5. The zero-order valence-electron chi connectivity index (χ0n) is 19.4. The number of carbonyl (C=O) groups excluding carboxylic acids is 2. The SMILES string of the molecule is CC[C@H](C)CN(CC(=O)N1CCc2sccc2[C@@H]1COc1ccc(C)cc1)C(=O)C1CC1. The van der Waals surface area contributed by atoms with E-state index in [2.05, 4.69) is 32.2 Å². The van der Waals surface area contributed by atoms with Crippen LogP contribution in [0.1, 0.15) is 55.2 Å². The summed E-state index contributed by atoms with van der Waals surface area (Å²) >= 11 is 1.75. The molecule has 2 aliphatic rings. The van der Waals surface area contributed by atoms with Gasteiger partial charge in [-0.3, -0.25) is 9.59 Å². The molecule has 0 N–H and O–H groups in total. The molecule has 2 atom stereocenters. The van der Waals surface area contributed by atoms with E-state index in [9.17, 15) is 9.59 Å². The van der Waals surface area contributed by atoms with Crippen LogP contribution in [0.3, 0.4) is 0 Å². The molecule has 4 rings (SSSR count). The summed E-state index contributed by atoms with van der Waals surface area (Å²) < 4.78 is 6.12. The van der Waals surface area contributed by atoms with E-state index < -0.39 is 0 Å². The van der Waals surface area contributed by atoms with Gasteiger partial charge in [0.05, 0.1) is 12.6 Å². The fourth-order valence-corrected chi connectivity index (χ4v) is 5.19. The number of ether oxygens (including phenoxy) is 1. The van der Waals surface area contributed by atoms with Crippen molar-refractivity contribution in [2.75, 3.05) is 26.2 Å². The Morgan fingerprint density at radius 3 is 2.66 bits per heavy atom. The molecule has 1 fully saturated rings. The molecule has 2 aromatic rings. The van der Waals surface area contributed by atoms with Crippen LogP contribution < -0.4 is 4.74 Å². The van der Waals surface area contributed by atoms with Crippen LogP contribution in [0.15, 0.2) is 35.7 Å². The Bertz CT molecular complexity index is 935. The Morgan fingerprint density at radius 2 is 1.97 bits per heavy atom. The average Bonchev–Trinajstić information content (AvgIpc) is 3.53. The van der Waals surface area contributed by atoms with Gasteiger partial charge in [-0.2, -0.15) is 0 Å². The second-order valence-corrected chi connectivity index (χ2v) is 10.3. The highest BCUT2D eigenvalue weighted by Crippen LogP contribution is 2.35. The number of amides is 2. The van der Waals surface area contributed by atoms with Gasteiger partial charge in [-0.1, -0.05) is 38.0 Å². The number of benzene rings is 1. The lowest BCUT2D eigenvalue weighted by molar-refractivity contribution is -0.143. The predicted molar refractivity (Wildman–Crippen MR) is 128 cm³/mol. The first kappa shape index (κ1) is 22.8. The van der Waals surface area contributed by atoms with E-state index in [0.717, 1.165) is 31.4 Å². The van der Waals surface area contributed by atoms with E-state index in [0.29, 0.717) is 25.6 Å². The summed E-state index contributed by atoms with van der Waals surface area (Å²) in [6, 6.07) is 10.0. The van der Waals surface area contributed by atoms with Gasteiger partial charge >= 0.3 is 0 Å². The van der Waals surface area contributed by atoms with Gasteiger partial charge < -0.3 is 14.5 Å². The Hall–Kier alpha value is -2.34. The molecule has 1 saturated carbocycles. The summed E-state index contributed by atoms with van der Waals surface area (Å²) in [5, 5.41) is 2.10. The van der Waals surface area contributed by atoms with Gasteiger partial charge in [0, 0.05) is 23.9 Å². The molecule has 0 spiro atoms. The van der Waals surface area contributed by atoms with Gasteiger partial charge in [0.15, 0.2) is 0 Å². The van der Waals surface area contributed by atoms with E-state index in [1.165, 1.54) is 16.0 Å². The third-order valence-corrected chi connectivity index (χ3v) is 7.63. The molecule has 32 heavy (non-hydrogen) atoms. The maximum Gasteiger partial charge on any atom is 0.242 e. The standard InChI is InChI=1S/C26H34N2O3S/c1-4-18(2)15-27(26(30)20-7-8-20)16-25(29)28-13-11-24-22(12-14-32-24)23(28)17-31-21-9-5-19(3)6-10-21/h5-6,9-10,12,14,18,20,23H,4,7-8,11,13,15-17H2,1-3H3/t18-,23-/m0/s1. The molecule has 1 aromatic carbocycles. The monoisotopic (exact) mass is 454 g/mol. The van der Waals surface area contributed by atoms with Crippen LogP contribution in [0.25, 0.3) is 0 Å². The van der Waals surface area contributed by atoms with Crippen LogP contribution in [-0.4, -0.2) is 47.9 Å². The molecule has 2 heterocycles. The minimum Gasteiger partial charge on any atom is -0.491 e. The maximum atomic E-state index is 13.5. The molecule has 1 aliphatic carbocycles. The first-order chi connectivity index (χ1) is 15.5. The van der Waals surface area contributed by atoms with Crippen molar-refractivity contribution in [3.8, 4) is 5.75 Å². The lowest BCUT2D eigenvalue weighted by Crippen LogP contribution is -2.48. The third kappa shape index (κ3) is 5.34. The summed E-state index contributed by atoms with van der Waals surface area (Å²) in [5.74, 6) is 1.50. The Balaban J connectivity index is 1.49. The molecular weight excluding hydrogens is 420 g/mol. The molecule has 0 unspecified atom stereocenters. The van der Waals surface area contributed by atoms with Crippen molar-refractivity contribution in [1.29, 1.82) is 0 Å². The zero-order valence-corrected chi connectivity index (χ0v) is 20.2. The summed E-state index contributed by atoms with van der Waals surface area (Å²) in [7, 11) is 0. The molecule has 1 aromatic heterocycles. The third-order valence-electron chi connectivity index (χ3n) is 6.64. The number of hydrogen-bond acceptors (Lipinski definition) is 4. The van der Waals surface area contributed by atoms with Gasteiger partial charge in [0.1, 0.15) is 12.4 Å². The molecule has 0 bridgehead atoms. The van der Waals surface area contributed by atoms with Crippen molar-refractivity contribution >= 4 is 23.2 Å². The number of thiophene rings is 1. The van der Waals surface area contributed by atoms with Crippen LogP contribution >= 0.6 is 11.3 Å². The van der Waals surface area contributed by atoms with Crippen molar-refractivity contribution in [2.45, 2.75) is 52.5 Å². The molecule has 0 saturated heterocycles. The van der Waals surface area contributed by atoms with Crippen molar-refractivity contribution < 1.29 is 14.3 Å². The number of hydrogen-bond donors (Lipinski definition) is 0. The molecule has 1 aliphatic heterocycles. The van der Waals surface area contributed by atoms with Gasteiger partial charge in [-0.05, 0) is 61.2 Å². The number of fused-ring (bicyclic) bond motifs is 1. The number of nitrogens with zero attached hydrogens (tertiary/aromatic N) is 2. The quantitative estimate of drug-likeness (QED) is 0.544. The largest absolute Gasteiger partial charge is 0.491 e. The van der Waals surface area contributed by atoms with Gasteiger partial charge in [0.2, 0.25) is 11.8 Å². The fourth-order valence-electron chi connectivity index (χ4n) is 4.26. The Kier molecular flexibility index (Phi) is 7.19. The van der Waals surface area contributed by atoms with E-state index in [1.54, 1.807) is 11.3 Å². The molecular formula is C26H34N2O3S. The van der Waals surface area contributed by atoms with Crippen LogP contribution in [0, 0.1) is 18.8 Å².